The largest absolute Gasteiger partial charge is 0.324 e. The minimum Gasteiger partial charge on any atom is -0.324 e. The zero-order valence-electron chi connectivity index (χ0n) is 20.2. The highest BCUT2D eigenvalue weighted by Gasteiger charge is 2.12. The molecule has 0 fully saturated rings. The Kier molecular flexibility index (Phi) is 5.96. The van der Waals surface area contributed by atoms with Gasteiger partial charge in [-0.1, -0.05) is 42.5 Å². The summed E-state index contributed by atoms with van der Waals surface area (Å²) in [6, 6.07) is 24.5. The monoisotopic (exact) mass is 488 g/mol. The van der Waals surface area contributed by atoms with Gasteiger partial charge in [0, 0.05) is 23.8 Å². The number of rotatable bonds is 8. The first-order valence-electron chi connectivity index (χ1n) is 11.8. The third-order valence-electron chi connectivity index (χ3n) is 6.02. The van der Waals surface area contributed by atoms with Crippen LogP contribution in [0.3, 0.4) is 0 Å². The molecule has 37 heavy (non-hydrogen) atoms. The van der Waals surface area contributed by atoms with Crippen LogP contribution in [0.4, 0.5) is 23.3 Å². The number of aromatic nitrogens is 8. The first kappa shape index (κ1) is 22.4. The highest BCUT2D eigenvalue weighted by atomic mass is 15.5. The molecule has 1 N–H and O–H groups in total. The molecular weight excluding hydrogens is 464 g/mol. The summed E-state index contributed by atoms with van der Waals surface area (Å²) in [7, 11) is 1.94. The fourth-order valence-electron chi connectivity index (χ4n) is 4.16. The van der Waals surface area contributed by atoms with Gasteiger partial charge in [0.2, 0.25) is 11.9 Å². The Bertz CT molecular complexity index is 1630. The summed E-state index contributed by atoms with van der Waals surface area (Å²) in [6.07, 6.45) is 6.73. The lowest BCUT2D eigenvalue weighted by Crippen LogP contribution is -2.14. The lowest BCUT2D eigenvalue weighted by Gasteiger charge is -2.18. The summed E-state index contributed by atoms with van der Waals surface area (Å²) < 4.78 is 2.01. The number of anilines is 4. The summed E-state index contributed by atoms with van der Waals surface area (Å²) in [5, 5.41) is 17.2. The third kappa shape index (κ3) is 4.98. The maximum atomic E-state index is 4.63. The molecule has 10 nitrogen and oxygen atoms in total. The van der Waals surface area contributed by atoms with Gasteiger partial charge in [-0.25, -0.2) is 9.97 Å². The van der Waals surface area contributed by atoms with Crippen molar-refractivity contribution >= 4 is 34.2 Å². The molecule has 0 aliphatic carbocycles. The van der Waals surface area contributed by atoms with Crippen LogP contribution in [-0.4, -0.2) is 46.8 Å². The fraction of sp³-hybridized carbons (Fsp3) is 0.111. The van der Waals surface area contributed by atoms with Crippen molar-refractivity contribution in [2.45, 2.75) is 13.1 Å². The zero-order valence-corrected chi connectivity index (χ0v) is 20.2. The van der Waals surface area contributed by atoms with Crippen molar-refractivity contribution in [1.29, 1.82) is 0 Å². The average Bonchev–Trinajstić information content (AvgIpc) is 3.59. The summed E-state index contributed by atoms with van der Waals surface area (Å²) in [6.45, 7) is 1.31. The van der Waals surface area contributed by atoms with E-state index in [0.717, 1.165) is 34.4 Å². The maximum Gasteiger partial charge on any atom is 0.234 e. The second-order valence-electron chi connectivity index (χ2n) is 8.58. The Morgan fingerprint density at radius 2 is 1.65 bits per heavy atom. The lowest BCUT2D eigenvalue weighted by atomic mass is 10.2. The van der Waals surface area contributed by atoms with Gasteiger partial charge in [0.15, 0.2) is 0 Å². The average molecular weight is 489 g/mol. The van der Waals surface area contributed by atoms with Crippen LogP contribution in [0, 0.1) is 0 Å². The molecule has 0 atom stereocenters. The van der Waals surface area contributed by atoms with E-state index >= 15 is 0 Å². The number of benzene rings is 3. The highest BCUT2D eigenvalue weighted by Crippen LogP contribution is 2.26. The van der Waals surface area contributed by atoms with Crippen molar-refractivity contribution in [3.05, 3.63) is 109 Å². The third-order valence-corrected chi connectivity index (χ3v) is 6.02. The predicted octanol–water partition coefficient (Wildman–Crippen LogP) is 4.42. The van der Waals surface area contributed by atoms with Crippen LogP contribution in [0.15, 0.2) is 97.7 Å². The van der Waals surface area contributed by atoms with Gasteiger partial charge < -0.3 is 10.2 Å². The maximum absolute atomic E-state index is 4.63. The quantitative estimate of drug-likeness (QED) is 0.336. The molecule has 6 aromatic rings. The van der Waals surface area contributed by atoms with E-state index in [1.807, 2.05) is 65.3 Å². The molecule has 0 radical (unpaired) electrons. The number of fused-ring (bicyclic) bond motifs is 1. The van der Waals surface area contributed by atoms with Crippen molar-refractivity contribution in [2.24, 2.45) is 0 Å². The predicted molar refractivity (Wildman–Crippen MR) is 142 cm³/mol. The molecule has 0 spiro atoms. The molecule has 10 heteroatoms. The smallest absolute Gasteiger partial charge is 0.234 e. The van der Waals surface area contributed by atoms with Crippen molar-refractivity contribution in [2.75, 3.05) is 17.3 Å². The molecule has 3 aromatic carbocycles. The number of hydrogen-bond donors (Lipinski definition) is 1. The Morgan fingerprint density at radius 1 is 0.811 bits per heavy atom. The Labute approximate surface area is 213 Å². The standard InChI is InChI=1S/C27H24N10/c1-35(24-10-11-25-22(15-24)16-32-36(25)17-20-6-3-2-4-7-20)27-29-19-28-26(34-27)33-23-9-5-8-21(14-23)18-37-30-12-13-31-37/h2-16,19H,17-18H2,1H3,(H,28,29,33,34). The van der Waals surface area contributed by atoms with E-state index in [-0.39, 0.29) is 0 Å². The molecule has 0 amide bonds. The molecule has 3 heterocycles. The van der Waals surface area contributed by atoms with Gasteiger partial charge in [-0.2, -0.15) is 25.1 Å². The van der Waals surface area contributed by atoms with Gasteiger partial charge in [0.25, 0.3) is 0 Å². The van der Waals surface area contributed by atoms with Crippen molar-refractivity contribution in [3.63, 3.8) is 0 Å². The van der Waals surface area contributed by atoms with Gasteiger partial charge in [0.05, 0.1) is 37.2 Å². The molecular formula is C27H24N10. The summed E-state index contributed by atoms with van der Waals surface area (Å²) in [4.78, 5) is 16.9. The van der Waals surface area contributed by atoms with Crippen LogP contribution < -0.4 is 10.2 Å². The number of nitrogens with zero attached hydrogens (tertiary/aromatic N) is 9. The number of hydrogen-bond acceptors (Lipinski definition) is 8. The van der Waals surface area contributed by atoms with Gasteiger partial charge in [-0.3, -0.25) is 4.68 Å². The van der Waals surface area contributed by atoms with Crippen LogP contribution >= 0.6 is 0 Å². The van der Waals surface area contributed by atoms with Crippen molar-refractivity contribution in [1.82, 2.24) is 39.7 Å². The minimum absolute atomic E-state index is 0.461. The normalized spacial score (nSPS) is 11.1. The molecule has 6 rings (SSSR count). The molecule has 3 aromatic heterocycles. The van der Waals surface area contributed by atoms with E-state index in [9.17, 15) is 0 Å². The molecule has 0 aliphatic heterocycles. The summed E-state index contributed by atoms with van der Waals surface area (Å²) >= 11 is 0. The van der Waals surface area contributed by atoms with Gasteiger partial charge >= 0.3 is 0 Å². The zero-order chi connectivity index (χ0) is 25.0. The van der Waals surface area contributed by atoms with E-state index in [4.69, 9.17) is 0 Å². The van der Waals surface area contributed by atoms with Crippen molar-refractivity contribution in [3.8, 4) is 0 Å². The molecule has 0 unspecified atom stereocenters. The van der Waals surface area contributed by atoms with Crippen LogP contribution in [0.1, 0.15) is 11.1 Å². The minimum atomic E-state index is 0.461. The van der Waals surface area contributed by atoms with E-state index in [0.29, 0.717) is 18.4 Å². The van der Waals surface area contributed by atoms with E-state index in [1.165, 1.54) is 11.9 Å². The second kappa shape index (κ2) is 9.86. The Balaban J connectivity index is 1.19. The van der Waals surface area contributed by atoms with E-state index < -0.39 is 0 Å². The topological polar surface area (TPSA) is 102 Å². The van der Waals surface area contributed by atoms with Crippen LogP contribution in [0.2, 0.25) is 0 Å². The molecule has 182 valence electrons. The molecule has 0 bridgehead atoms. The summed E-state index contributed by atoms with van der Waals surface area (Å²) in [5.74, 6) is 0.994. The lowest BCUT2D eigenvalue weighted by molar-refractivity contribution is 0.591. The fourth-order valence-corrected chi connectivity index (χ4v) is 4.16. The SMILES string of the molecule is CN(c1ccc2c(cnn2Cc2ccccc2)c1)c1ncnc(Nc2cccc(Cn3nccn3)c2)n1. The summed E-state index contributed by atoms with van der Waals surface area (Å²) in [5.41, 5.74) is 5.18. The van der Waals surface area contributed by atoms with Gasteiger partial charge in [0.1, 0.15) is 6.33 Å². The number of nitrogens with one attached hydrogen (secondary N) is 1. The second-order valence-corrected chi connectivity index (χ2v) is 8.58. The van der Waals surface area contributed by atoms with Gasteiger partial charge in [-0.15, -0.1) is 0 Å². The molecule has 0 saturated carbocycles. The first-order valence-corrected chi connectivity index (χ1v) is 11.8. The van der Waals surface area contributed by atoms with Crippen LogP contribution in [-0.2, 0) is 13.1 Å². The first-order chi connectivity index (χ1) is 18.2. The molecule has 0 aliphatic rings. The molecule has 0 saturated heterocycles. The highest BCUT2D eigenvalue weighted by molar-refractivity contribution is 5.83. The van der Waals surface area contributed by atoms with E-state index in [2.05, 4.69) is 65.9 Å². The van der Waals surface area contributed by atoms with Crippen molar-refractivity contribution < 1.29 is 0 Å². The Hall–Kier alpha value is -5.12. The van der Waals surface area contributed by atoms with Crippen LogP contribution in [0.5, 0.6) is 0 Å². The Morgan fingerprint density at radius 3 is 2.51 bits per heavy atom. The van der Waals surface area contributed by atoms with Gasteiger partial charge in [-0.05, 0) is 41.5 Å². The van der Waals surface area contributed by atoms with Crippen LogP contribution in [0.25, 0.3) is 10.9 Å². The van der Waals surface area contributed by atoms with E-state index in [1.54, 1.807) is 17.2 Å².